The molecule has 0 bridgehead atoms. The molecule has 27 heavy (non-hydrogen) atoms. The highest BCUT2D eigenvalue weighted by Gasteiger charge is 2.24. The number of nitrogens with one attached hydrogen (secondary N) is 1. The number of H-pyrrole nitrogens is 1. The highest BCUT2D eigenvalue weighted by atomic mass is 32.1. The Morgan fingerprint density at radius 2 is 2.11 bits per heavy atom. The van der Waals surface area contributed by atoms with Crippen LogP contribution in [-0.4, -0.2) is 14.9 Å². The molecule has 0 aliphatic heterocycles. The van der Waals surface area contributed by atoms with Gasteiger partial charge in [0, 0.05) is 17.0 Å². The van der Waals surface area contributed by atoms with Crippen LogP contribution in [0, 0.1) is 16.0 Å². The second-order valence-corrected chi connectivity index (χ2v) is 8.08. The molecule has 3 aromatic rings. The quantitative estimate of drug-likeness (QED) is 0.537. The number of nitro benzene ring substituents is 1. The topological polar surface area (TPSA) is 98.1 Å². The maximum atomic E-state index is 12.7. The Kier molecular flexibility index (Phi) is 4.43. The van der Waals surface area contributed by atoms with Crippen LogP contribution in [0.3, 0.4) is 0 Å². The number of fused-ring (bicyclic) bond motifs is 3. The van der Waals surface area contributed by atoms with Crippen LogP contribution in [0.1, 0.15) is 42.6 Å². The SMILES string of the molecule is C[C@@H]1CCc2c(sc3nc([C@H](C)Oc4ccc([N+](=O)[O-])cc4)[nH]c(=O)c23)C1. The third-order valence-corrected chi connectivity index (χ3v) is 6.08. The number of aromatic amines is 1. The van der Waals surface area contributed by atoms with Gasteiger partial charge in [-0.1, -0.05) is 6.92 Å². The number of aryl methyl sites for hydroxylation is 1. The van der Waals surface area contributed by atoms with Gasteiger partial charge in [-0.15, -0.1) is 11.3 Å². The predicted octanol–water partition coefficient (Wildman–Crippen LogP) is 4.16. The third kappa shape index (κ3) is 3.32. The zero-order valence-electron chi connectivity index (χ0n) is 15.0. The second-order valence-electron chi connectivity index (χ2n) is 6.99. The molecule has 140 valence electrons. The van der Waals surface area contributed by atoms with Crippen LogP contribution in [-0.2, 0) is 12.8 Å². The van der Waals surface area contributed by atoms with E-state index in [1.54, 1.807) is 18.3 Å². The summed E-state index contributed by atoms with van der Waals surface area (Å²) < 4.78 is 5.81. The van der Waals surface area contributed by atoms with Crippen LogP contribution in [0.5, 0.6) is 5.75 Å². The summed E-state index contributed by atoms with van der Waals surface area (Å²) in [5.41, 5.74) is 1.03. The highest BCUT2D eigenvalue weighted by Crippen LogP contribution is 2.36. The Morgan fingerprint density at radius 1 is 1.37 bits per heavy atom. The summed E-state index contributed by atoms with van der Waals surface area (Å²) in [6, 6.07) is 5.85. The molecule has 1 N–H and O–H groups in total. The Morgan fingerprint density at radius 3 is 2.81 bits per heavy atom. The maximum absolute atomic E-state index is 12.7. The first kappa shape index (κ1) is 17.7. The zero-order valence-corrected chi connectivity index (χ0v) is 15.8. The first-order valence-corrected chi connectivity index (χ1v) is 9.69. The summed E-state index contributed by atoms with van der Waals surface area (Å²) in [5, 5.41) is 11.5. The minimum absolute atomic E-state index is 0.00125. The third-order valence-electron chi connectivity index (χ3n) is 4.93. The highest BCUT2D eigenvalue weighted by molar-refractivity contribution is 7.18. The fourth-order valence-electron chi connectivity index (χ4n) is 3.46. The second kappa shape index (κ2) is 6.77. The van der Waals surface area contributed by atoms with Crippen molar-refractivity contribution in [3.63, 3.8) is 0 Å². The summed E-state index contributed by atoms with van der Waals surface area (Å²) >= 11 is 1.60. The minimum atomic E-state index is -0.485. The van der Waals surface area contributed by atoms with E-state index in [9.17, 15) is 14.9 Å². The van der Waals surface area contributed by atoms with Gasteiger partial charge in [0.1, 0.15) is 10.6 Å². The molecule has 2 heterocycles. The molecule has 2 atom stereocenters. The molecule has 1 aromatic carbocycles. The van der Waals surface area contributed by atoms with Gasteiger partial charge in [-0.2, -0.15) is 0 Å². The van der Waals surface area contributed by atoms with E-state index in [1.165, 1.54) is 29.1 Å². The summed E-state index contributed by atoms with van der Waals surface area (Å²) in [4.78, 5) is 32.5. The number of ether oxygens (including phenoxy) is 1. The molecule has 8 heteroatoms. The lowest BCUT2D eigenvalue weighted by Gasteiger charge is -2.17. The van der Waals surface area contributed by atoms with Gasteiger partial charge >= 0.3 is 0 Å². The van der Waals surface area contributed by atoms with Crippen LogP contribution in [0.25, 0.3) is 10.2 Å². The Balaban J connectivity index is 1.63. The van der Waals surface area contributed by atoms with Crippen LogP contribution < -0.4 is 10.3 Å². The smallest absolute Gasteiger partial charge is 0.269 e. The normalized spacial score (nSPS) is 17.5. The fourth-order valence-corrected chi connectivity index (χ4v) is 4.85. The van der Waals surface area contributed by atoms with Gasteiger partial charge in [0.25, 0.3) is 11.2 Å². The first-order valence-electron chi connectivity index (χ1n) is 8.88. The number of nitro groups is 1. The average molecular weight is 385 g/mol. The number of benzene rings is 1. The van der Waals surface area contributed by atoms with Crippen molar-refractivity contribution in [1.29, 1.82) is 0 Å². The van der Waals surface area contributed by atoms with Crippen LogP contribution in [0.4, 0.5) is 5.69 Å². The molecule has 2 aromatic heterocycles. The largest absolute Gasteiger partial charge is 0.483 e. The van der Waals surface area contributed by atoms with Gasteiger partial charge in [0.2, 0.25) is 0 Å². The van der Waals surface area contributed by atoms with Crippen molar-refractivity contribution >= 4 is 27.2 Å². The number of non-ortho nitro benzene ring substituents is 1. The van der Waals surface area contributed by atoms with E-state index < -0.39 is 11.0 Å². The molecule has 7 nitrogen and oxygen atoms in total. The number of hydrogen-bond acceptors (Lipinski definition) is 6. The summed E-state index contributed by atoms with van der Waals surface area (Å²) in [6.07, 6.45) is 2.54. The average Bonchev–Trinajstić information content (AvgIpc) is 2.99. The summed E-state index contributed by atoms with van der Waals surface area (Å²) in [5.74, 6) is 1.57. The van der Waals surface area contributed by atoms with Crippen molar-refractivity contribution in [3.05, 3.63) is 61.0 Å². The van der Waals surface area contributed by atoms with Crippen LogP contribution >= 0.6 is 11.3 Å². The van der Waals surface area contributed by atoms with Gasteiger partial charge in [-0.05, 0) is 49.8 Å². The van der Waals surface area contributed by atoms with Crippen molar-refractivity contribution in [1.82, 2.24) is 9.97 Å². The first-order chi connectivity index (χ1) is 12.9. The number of rotatable bonds is 4. The molecule has 1 aliphatic carbocycles. The number of thiophene rings is 1. The standard InChI is InChI=1S/C19H19N3O4S/c1-10-3-8-14-15(9-10)27-19-16(14)18(23)20-17(21-19)11(2)26-13-6-4-12(5-7-13)22(24)25/h4-7,10-11H,3,8-9H2,1-2H3,(H,20,21,23)/t10-,11+/m1/s1. The molecule has 0 saturated heterocycles. The van der Waals surface area contributed by atoms with Gasteiger partial charge in [-0.3, -0.25) is 14.9 Å². The maximum Gasteiger partial charge on any atom is 0.269 e. The minimum Gasteiger partial charge on any atom is -0.483 e. The van der Waals surface area contributed by atoms with Crippen molar-refractivity contribution < 1.29 is 9.66 Å². The Labute approximate surface area is 159 Å². The molecular formula is C19H19N3O4S. The predicted molar refractivity (Wildman–Crippen MR) is 104 cm³/mol. The fraction of sp³-hybridized carbons (Fsp3) is 0.368. The molecular weight excluding hydrogens is 366 g/mol. The Hall–Kier alpha value is -2.74. The van der Waals surface area contributed by atoms with Gasteiger partial charge < -0.3 is 9.72 Å². The van der Waals surface area contributed by atoms with Gasteiger partial charge in [-0.25, -0.2) is 4.98 Å². The zero-order chi connectivity index (χ0) is 19.1. The molecule has 0 saturated carbocycles. The number of nitrogens with zero attached hydrogens (tertiary/aromatic N) is 2. The van der Waals surface area contributed by atoms with E-state index in [4.69, 9.17) is 4.74 Å². The van der Waals surface area contributed by atoms with Crippen LogP contribution in [0.2, 0.25) is 0 Å². The lowest BCUT2D eigenvalue weighted by molar-refractivity contribution is -0.384. The van der Waals surface area contributed by atoms with E-state index in [0.29, 0.717) is 22.9 Å². The van der Waals surface area contributed by atoms with Gasteiger partial charge in [0.05, 0.1) is 10.3 Å². The van der Waals surface area contributed by atoms with E-state index in [0.717, 1.165) is 29.7 Å². The van der Waals surface area contributed by atoms with Gasteiger partial charge in [0.15, 0.2) is 11.9 Å². The van der Waals surface area contributed by atoms with Crippen molar-refractivity contribution in [2.45, 2.75) is 39.2 Å². The van der Waals surface area contributed by atoms with Crippen molar-refractivity contribution in [2.24, 2.45) is 5.92 Å². The number of aromatic nitrogens is 2. The van der Waals surface area contributed by atoms with E-state index in [1.807, 2.05) is 0 Å². The van der Waals surface area contributed by atoms with E-state index in [-0.39, 0.29) is 11.2 Å². The summed E-state index contributed by atoms with van der Waals surface area (Å²) in [7, 11) is 0. The van der Waals surface area contributed by atoms with Crippen molar-refractivity contribution in [3.8, 4) is 5.75 Å². The van der Waals surface area contributed by atoms with Crippen molar-refractivity contribution in [2.75, 3.05) is 0 Å². The molecule has 0 fully saturated rings. The summed E-state index contributed by atoms with van der Waals surface area (Å²) in [6.45, 7) is 4.03. The molecule has 0 radical (unpaired) electrons. The number of hydrogen-bond donors (Lipinski definition) is 1. The van der Waals surface area contributed by atoms with E-state index >= 15 is 0 Å². The molecule has 1 aliphatic rings. The monoisotopic (exact) mass is 385 g/mol. The molecule has 0 unspecified atom stereocenters. The van der Waals surface area contributed by atoms with E-state index in [2.05, 4.69) is 16.9 Å². The Bertz CT molecular complexity index is 1070. The lowest BCUT2D eigenvalue weighted by atomic mass is 9.89. The molecule has 0 amide bonds. The lowest BCUT2D eigenvalue weighted by Crippen LogP contribution is -2.17. The molecule has 0 spiro atoms. The molecule has 4 rings (SSSR count). The van der Waals surface area contributed by atoms with Crippen LogP contribution in [0.15, 0.2) is 29.1 Å².